The van der Waals surface area contributed by atoms with E-state index in [4.69, 9.17) is 14.5 Å². The fraction of sp³-hybridized carbons (Fsp3) is 0.481. The molecule has 0 aliphatic carbocycles. The largest absolute Gasteiger partial charge is 0.493 e. The summed E-state index contributed by atoms with van der Waals surface area (Å²) in [6, 6.07) is 14.6. The van der Waals surface area contributed by atoms with Gasteiger partial charge in [0.2, 0.25) is 5.91 Å². The lowest BCUT2D eigenvalue weighted by atomic mass is 10.1. The highest BCUT2D eigenvalue weighted by Crippen LogP contribution is 2.23. The molecule has 0 unspecified atom stereocenters. The van der Waals surface area contributed by atoms with Gasteiger partial charge in [-0.1, -0.05) is 36.8 Å². The van der Waals surface area contributed by atoms with Gasteiger partial charge in [0.05, 0.1) is 17.6 Å². The molecule has 0 radical (unpaired) electrons. The van der Waals surface area contributed by atoms with Crippen molar-refractivity contribution in [1.82, 2.24) is 14.9 Å². The summed E-state index contributed by atoms with van der Waals surface area (Å²) >= 11 is 0. The van der Waals surface area contributed by atoms with Gasteiger partial charge >= 0.3 is 0 Å². The summed E-state index contributed by atoms with van der Waals surface area (Å²) in [6.45, 7) is 6.68. The summed E-state index contributed by atoms with van der Waals surface area (Å²) in [5.41, 5.74) is 4.65. The van der Waals surface area contributed by atoms with Gasteiger partial charge in [-0.3, -0.25) is 4.79 Å². The van der Waals surface area contributed by atoms with Crippen molar-refractivity contribution in [3.8, 4) is 5.75 Å². The Morgan fingerprint density at radius 1 is 0.970 bits per heavy atom. The summed E-state index contributed by atoms with van der Waals surface area (Å²) in [5, 5.41) is 2.88. The van der Waals surface area contributed by atoms with E-state index in [1.54, 1.807) is 0 Å². The second kappa shape index (κ2) is 13.0. The van der Waals surface area contributed by atoms with Gasteiger partial charge in [0.1, 0.15) is 18.2 Å². The Bertz CT molecular complexity index is 1010. The van der Waals surface area contributed by atoms with Crippen LogP contribution in [-0.4, -0.2) is 42.3 Å². The standard InChI is InChI=1S/C27H37N3O3/c1-21-12-11-13-22(2)27(21)33-19-10-9-18-30-24-15-7-6-14-23(24)29-25(30)16-5-4-8-17-28-26(31)20-32-3/h6-7,11-15H,4-5,8-10,16-20H2,1-3H3,(H,28,31). The third kappa shape index (κ3) is 7.32. The van der Waals surface area contributed by atoms with Crippen molar-refractivity contribution in [1.29, 1.82) is 0 Å². The smallest absolute Gasteiger partial charge is 0.245 e. The topological polar surface area (TPSA) is 65.4 Å². The number of aromatic nitrogens is 2. The lowest BCUT2D eigenvalue weighted by Crippen LogP contribution is -2.27. The molecule has 178 valence electrons. The average Bonchev–Trinajstić information content (AvgIpc) is 3.15. The Morgan fingerprint density at radius 2 is 1.76 bits per heavy atom. The van der Waals surface area contributed by atoms with E-state index >= 15 is 0 Å². The molecule has 6 heteroatoms. The van der Waals surface area contributed by atoms with Gasteiger partial charge < -0.3 is 19.4 Å². The number of carbonyl (C=O) groups is 1. The highest BCUT2D eigenvalue weighted by molar-refractivity contribution is 5.77. The fourth-order valence-electron chi connectivity index (χ4n) is 4.13. The molecule has 3 rings (SSSR count). The highest BCUT2D eigenvalue weighted by atomic mass is 16.5. The van der Waals surface area contributed by atoms with Crippen molar-refractivity contribution >= 4 is 16.9 Å². The SMILES string of the molecule is COCC(=O)NCCCCCc1nc2ccccc2n1CCCCOc1c(C)cccc1C. The first kappa shape index (κ1) is 24.8. The van der Waals surface area contributed by atoms with E-state index in [0.29, 0.717) is 6.54 Å². The van der Waals surface area contributed by atoms with Crippen LogP contribution in [-0.2, 0) is 22.5 Å². The fourth-order valence-corrected chi connectivity index (χ4v) is 4.13. The molecule has 2 aromatic carbocycles. The molecule has 0 atom stereocenters. The van der Waals surface area contributed by atoms with Gasteiger partial charge in [-0.15, -0.1) is 0 Å². The van der Waals surface area contributed by atoms with Crippen LogP contribution in [0.3, 0.4) is 0 Å². The molecule has 1 amide bonds. The molecule has 0 saturated carbocycles. The van der Waals surface area contributed by atoms with Crippen LogP contribution in [0.15, 0.2) is 42.5 Å². The van der Waals surface area contributed by atoms with Gasteiger partial charge in [0, 0.05) is 26.6 Å². The van der Waals surface area contributed by atoms with Crippen LogP contribution in [0.5, 0.6) is 5.75 Å². The maximum absolute atomic E-state index is 11.4. The number of rotatable bonds is 14. The van der Waals surface area contributed by atoms with E-state index < -0.39 is 0 Å². The number of unbranched alkanes of at least 4 members (excludes halogenated alkanes) is 3. The highest BCUT2D eigenvalue weighted by Gasteiger charge is 2.10. The molecular weight excluding hydrogens is 414 g/mol. The van der Waals surface area contributed by atoms with Gasteiger partial charge in [-0.25, -0.2) is 4.98 Å². The van der Waals surface area contributed by atoms with E-state index in [1.807, 2.05) is 6.07 Å². The minimum Gasteiger partial charge on any atom is -0.493 e. The first-order valence-corrected chi connectivity index (χ1v) is 12.0. The molecule has 0 spiro atoms. The Kier molecular flexibility index (Phi) is 9.76. The number of para-hydroxylation sites is 3. The first-order valence-electron chi connectivity index (χ1n) is 12.0. The van der Waals surface area contributed by atoms with Crippen LogP contribution in [0.1, 0.15) is 49.1 Å². The molecule has 6 nitrogen and oxygen atoms in total. The van der Waals surface area contributed by atoms with Crippen LogP contribution >= 0.6 is 0 Å². The predicted octanol–water partition coefficient (Wildman–Crippen LogP) is 4.99. The van der Waals surface area contributed by atoms with Gasteiger partial charge in [-0.2, -0.15) is 0 Å². The molecule has 0 bridgehead atoms. The number of hydrogen-bond acceptors (Lipinski definition) is 4. The molecule has 1 N–H and O–H groups in total. The van der Waals surface area contributed by atoms with E-state index in [9.17, 15) is 4.79 Å². The van der Waals surface area contributed by atoms with Crippen LogP contribution in [0.25, 0.3) is 11.0 Å². The van der Waals surface area contributed by atoms with Crippen LogP contribution in [0.4, 0.5) is 0 Å². The Hall–Kier alpha value is -2.86. The van der Waals surface area contributed by atoms with Crippen molar-refractivity contribution in [2.24, 2.45) is 0 Å². The van der Waals surface area contributed by atoms with E-state index in [-0.39, 0.29) is 12.5 Å². The third-order valence-electron chi connectivity index (χ3n) is 5.84. The van der Waals surface area contributed by atoms with E-state index in [2.05, 4.69) is 60.1 Å². The molecule has 33 heavy (non-hydrogen) atoms. The predicted molar refractivity (Wildman–Crippen MR) is 133 cm³/mol. The zero-order chi connectivity index (χ0) is 23.5. The molecule has 0 fully saturated rings. The Labute approximate surface area is 197 Å². The number of ether oxygens (including phenoxy) is 2. The maximum atomic E-state index is 11.4. The first-order chi connectivity index (χ1) is 16.1. The minimum absolute atomic E-state index is 0.0548. The summed E-state index contributed by atoms with van der Waals surface area (Å²) in [7, 11) is 1.53. The molecule has 0 saturated heterocycles. The minimum atomic E-state index is -0.0548. The summed E-state index contributed by atoms with van der Waals surface area (Å²) < 4.78 is 13.3. The number of amides is 1. The lowest BCUT2D eigenvalue weighted by Gasteiger charge is -2.13. The molecule has 0 aliphatic heterocycles. The second-order valence-electron chi connectivity index (χ2n) is 8.54. The Balaban J connectivity index is 1.47. The number of carbonyl (C=O) groups excluding carboxylic acids is 1. The molecule has 1 aromatic heterocycles. The summed E-state index contributed by atoms with van der Waals surface area (Å²) in [6.07, 6.45) is 6.06. The Morgan fingerprint density at radius 3 is 2.55 bits per heavy atom. The third-order valence-corrected chi connectivity index (χ3v) is 5.84. The van der Waals surface area contributed by atoms with E-state index in [1.165, 1.54) is 23.8 Å². The van der Waals surface area contributed by atoms with Gasteiger partial charge in [-0.05, 0) is 62.8 Å². The summed E-state index contributed by atoms with van der Waals surface area (Å²) in [4.78, 5) is 16.3. The van der Waals surface area contributed by atoms with Crippen LogP contribution in [0, 0.1) is 13.8 Å². The number of imidazole rings is 1. The number of fused-ring (bicyclic) bond motifs is 1. The van der Waals surface area contributed by atoms with Crippen molar-refractivity contribution in [2.75, 3.05) is 26.9 Å². The molecular formula is C27H37N3O3. The van der Waals surface area contributed by atoms with Crippen LogP contribution in [0.2, 0.25) is 0 Å². The lowest BCUT2D eigenvalue weighted by molar-refractivity contribution is -0.124. The van der Waals surface area contributed by atoms with Crippen molar-refractivity contribution in [3.63, 3.8) is 0 Å². The number of nitrogens with zero attached hydrogens (tertiary/aromatic N) is 2. The molecule has 1 heterocycles. The number of hydrogen-bond donors (Lipinski definition) is 1. The van der Waals surface area contributed by atoms with Crippen molar-refractivity contribution in [3.05, 3.63) is 59.4 Å². The zero-order valence-corrected chi connectivity index (χ0v) is 20.2. The number of methoxy groups -OCH3 is 1. The van der Waals surface area contributed by atoms with E-state index in [0.717, 1.165) is 68.8 Å². The van der Waals surface area contributed by atoms with Gasteiger partial charge in [0.15, 0.2) is 0 Å². The molecule has 0 aliphatic rings. The average molecular weight is 452 g/mol. The zero-order valence-electron chi connectivity index (χ0n) is 20.2. The van der Waals surface area contributed by atoms with Crippen molar-refractivity contribution < 1.29 is 14.3 Å². The van der Waals surface area contributed by atoms with Crippen LogP contribution < -0.4 is 10.1 Å². The number of benzene rings is 2. The van der Waals surface area contributed by atoms with Crippen molar-refractivity contribution in [2.45, 2.75) is 58.9 Å². The monoisotopic (exact) mass is 451 g/mol. The number of aryl methyl sites for hydroxylation is 4. The number of nitrogens with one attached hydrogen (secondary N) is 1. The second-order valence-corrected chi connectivity index (χ2v) is 8.54. The molecule has 3 aromatic rings. The quantitative estimate of drug-likeness (QED) is 0.351. The van der Waals surface area contributed by atoms with Gasteiger partial charge in [0.25, 0.3) is 0 Å². The summed E-state index contributed by atoms with van der Waals surface area (Å²) in [5.74, 6) is 2.11. The normalized spacial score (nSPS) is 11.1. The maximum Gasteiger partial charge on any atom is 0.245 e.